The lowest BCUT2D eigenvalue weighted by Crippen LogP contribution is -2.60. The van der Waals surface area contributed by atoms with E-state index in [4.69, 9.17) is 64.1 Å². The fraction of sp³-hybridized carbons (Fsp3) is 0.533. The molecule has 0 radical (unpaired) electrons. The Morgan fingerprint density at radius 1 is 0.613 bits per heavy atom. The van der Waals surface area contributed by atoms with Gasteiger partial charge in [0.25, 0.3) is 0 Å². The van der Waals surface area contributed by atoms with E-state index in [0.717, 1.165) is 0 Å². The van der Waals surface area contributed by atoms with Crippen molar-refractivity contribution >= 4 is 95.0 Å². The number of carbonyl (C=O) groups excluding carboxylic acids is 10. The Kier molecular flexibility index (Phi) is 42.3. The average molecular weight is 1530 g/mol. The van der Waals surface area contributed by atoms with Crippen LogP contribution in [-0.2, 0) is 70.4 Å². The molecule has 2 aromatic rings. The van der Waals surface area contributed by atoms with E-state index < -0.39 is 144 Å². The van der Waals surface area contributed by atoms with Crippen LogP contribution in [0.4, 0.5) is 44.3 Å². The van der Waals surface area contributed by atoms with Crippen LogP contribution < -0.4 is 87.6 Å². The van der Waals surface area contributed by atoms with Gasteiger partial charge in [0.2, 0.25) is 53.2 Å². The third kappa shape index (κ3) is 42.7. The van der Waals surface area contributed by atoms with Crippen molar-refractivity contribution in [2.24, 2.45) is 55.3 Å². The predicted octanol–water partition coefficient (Wildman–Crippen LogP) is -2.08. The largest absolute Gasteiger partial charge is 0.508 e. The second kappa shape index (κ2) is 47.6. The van der Waals surface area contributed by atoms with Crippen LogP contribution in [0.2, 0.25) is 0 Å². The van der Waals surface area contributed by atoms with E-state index in [9.17, 15) is 97.7 Å². The number of nitrogens with two attached hydrogens (primary N) is 6. The first-order valence-corrected chi connectivity index (χ1v) is 31.8. The minimum Gasteiger partial charge on any atom is -0.508 e. The van der Waals surface area contributed by atoms with Crippen molar-refractivity contribution < 1.29 is 127 Å². The first kappa shape index (κ1) is 94.3. The number of urea groups is 1. The van der Waals surface area contributed by atoms with Crippen LogP contribution in [0.25, 0.3) is 0 Å². The smallest absolute Gasteiger partial charge is 0.490 e. The zero-order chi connectivity index (χ0) is 81.2. The number of phenols is 2. The molecule has 0 saturated carbocycles. The molecule has 7 atom stereocenters. The number of carbonyl (C=O) groups is 13. The second-order valence-corrected chi connectivity index (χ2v) is 23.0. The van der Waals surface area contributed by atoms with Gasteiger partial charge < -0.3 is 108 Å². The maximum atomic E-state index is 14.8. The summed E-state index contributed by atoms with van der Waals surface area (Å²) in [5.41, 5.74) is 34.8. The summed E-state index contributed by atoms with van der Waals surface area (Å²) in [6.45, 7) is 5.29. The SMILES string of the molecule is CCC(=O)N[C@H]1CC(=O)N[C@@H](CCCN=C(N)N)C(=O)N[C@@H](Cc2ccc(O)cc2)C(=O)N[C@H](C(=O)N[C@@H](CC(C)C)C(=O)N[C@@H](CCCN=C(N)N)C(=O)N[C@@H](Cc2ccc(O)cc2)C(N)=O)CCCN=C(N)NC(=O)NCCCCNC1=O.O=C(O)C(F)(F)F.O=C(O)C(F)(F)F.O=C(O)C(F)(F)F. The highest BCUT2D eigenvalue weighted by Crippen LogP contribution is 2.18. The Bertz CT molecular complexity index is 3280. The first-order valence-electron chi connectivity index (χ1n) is 31.8. The van der Waals surface area contributed by atoms with Crippen LogP contribution in [0.3, 0.4) is 0 Å². The molecular weight excluding hydrogens is 1450 g/mol. The minimum absolute atomic E-state index is 0.00781. The van der Waals surface area contributed by atoms with Gasteiger partial charge in [0.1, 0.15) is 53.8 Å². The van der Waals surface area contributed by atoms with Crippen molar-refractivity contribution in [3.8, 4) is 11.5 Å². The van der Waals surface area contributed by atoms with E-state index in [1.54, 1.807) is 20.8 Å². The Balaban J connectivity index is 0.00000454. The predicted molar refractivity (Wildman–Crippen MR) is 356 cm³/mol. The number of aromatic hydroxyl groups is 2. The maximum absolute atomic E-state index is 14.8. The molecule has 27 N–H and O–H groups in total. The van der Waals surface area contributed by atoms with Crippen LogP contribution in [-0.4, -0.2) is 214 Å². The van der Waals surface area contributed by atoms with E-state index in [0.29, 0.717) is 24.0 Å². The maximum Gasteiger partial charge on any atom is 0.490 e. The molecule has 0 aromatic heterocycles. The molecule has 2 aromatic carbocycles. The molecule has 11 amide bonds. The normalized spacial score (nSPS) is 17.5. The number of aliphatic carboxylic acids is 3. The lowest BCUT2D eigenvalue weighted by Gasteiger charge is -2.28. The van der Waals surface area contributed by atoms with Crippen LogP contribution in [0, 0.1) is 5.92 Å². The Hall–Kier alpha value is -11.7. The van der Waals surface area contributed by atoms with Crippen LogP contribution in [0.1, 0.15) is 103 Å². The van der Waals surface area contributed by atoms with Crippen molar-refractivity contribution in [1.82, 2.24) is 53.2 Å². The number of rotatable bonds is 23. The lowest BCUT2D eigenvalue weighted by molar-refractivity contribution is -0.193. The van der Waals surface area contributed by atoms with E-state index >= 15 is 0 Å². The van der Waals surface area contributed by atoms with Gasteiger partial charge in [-0.05, 0) is 99.1 Å². The van der Waals surface area contributed by atoms with Gasteiger partial charge in [-0.25, -0.2) is 19.2 Å². The molecule has 37 nitrogen and oxygen atoms in total. The first-order chi connectivity index (χ1) is 49.2. The highest BCUT2D eigenvalue weighted by molar-refractivity contribution is 5.98. The second-order valence-electron chi connectivity index (χ2n) is 23.0. The van der Waals surface area contributed by atoms with Gasteiger partial charge in [-0.3, -0.25) is 63.4 Å². The summed E-state index contributed by atoms with van der Waals surface area (Å²) in [4.78, 5) is 176. The monoisotopic (exact) mass is 1530 g/mol. The summed E-state index contributed by atoms with van der Waals surface area (Å²) in [5.74, 6) is -16.8. The van der Waals surface area contributed by atoms with Gasteiger partial charge >= 0.3 is 42.5 Å². The number of alkyl halides is 9. The summed E-state index contributed by atoms with van der Waals surface area (Å²) >= 11 is 0. The number of amides is 11. The summed E-state index contributed by atoms with van der Waals surface area (Å²) < 4.78 is 95.2. The molecule has 0 bridgehead atoms. The van der Waals surface area contributed by atoms with Gasteiger partial charge in [0.05, 0.1) is 6.42 Å². The number of phenolic OH excluding ortho intramolecular Hbond substituents is 2. The van der Waals surface area contributed by atoms with Gasteiger partial charge in [-0.15, -0.1) is 0 Å². The molecule has 1 heterocycles. The highest BCUT2D eigenvalue weighted by atomic mass is 19.4. The van der Waals surface area contributed by atoms with Gasteiger partial charge in [-0.2, -0.15) is 39.5 Å². The molecular formula is C60H88F9N19O18. The van der Waals surface area contributed by atoms with Crippen molar-refractivity contribution in [1.29, 1.82) is 0 Å². The number of benzene rings is 2. The van der Waals surface area contributed by atoms with E-state index in [1.807, 2.05) is 0 Å². The molecule has 0 aliphatic carbocycles. The molecule has 1 aliphatic rings. The third-order valence-electron chi connectivity index (χ3n) is 13.6. The highest BCUT2D eigenvalue weighted by Gasteiger charge is 2.40. The van der Waals surface area contributed by atoms with Gasteiger partial charge in [-0.1, -0.05) is 45.0 Å². The summed E-state index contributed by atoms with van der Waals surface area (Å²) in [7, 11) is 0. The fourth-order valence-corrected chi connectivity index (χ4v) is 8.47. The van der Waals surface area contributed by atoms with E-state index in [-0.39, 0.29) is 132 Å². The third-order valence-corrected chi connectivity index (χ3v) is 13.6. The van der Waals surface area contributed by atoms with E-state index in [2.05, 4.69) is 68.1 Å². The summed E-state index contributed by atoms with van der Waals surface area (Å²) in [5, 5.41) is 67.4. The molecule has 46 heteroatoms. The lowest BCUT2D eigenvalue weighted by atomic mass is 10.00. The Morgan fingerprint density at radius 3 is 1.57 bits per heavy atom. The van der Waals surface area contributed by atoms with Crippen molar-refractivity contribution in [3.63, 3.8) is 0 Å². The number of aliphatic imine (C=N–C) groups is 3. The number of carboxylic acid groups (broad SMARTS) is 3. The number of primary amides is 1. The summed E-state index contributed by atoms with van der Waals surface area (Å²) in [6.07, 6.45) is -15.5. The molecule has 0 spiro atoms. The quantitative estimate of drug-likeness (QED) is 0.0246. The molecule has 106 heavy (non-hydrogen) atoms. The van der Waals surface area contributed by atoms with Crippen LogP contribution in [0.15, 0.2) is 63.5 Å². The zero-order valence-electron chi connectivity index (χ0n) is 57.2. The minimum atomic E-state index is -5.08. The van der Waals surface area contributed by atoms with Crippen LogP contribution in [0.5, 0.6) is 11.5 Å². The van der Waals surface area contributed by atoms with Crippen molar-refractivity contribution in [3.05, 3.63) is 59.7 Å². The average Bonchev–Trinajstić information content (AvgIpc) is 0.857. The van der Waals surface area contributed by atoms with E-state index in [1.165, 1.54) is 48.5 Å². The van der Waals surface area contributed by atoms with Crippen molar-refractivity contribution in [2.75, 3.05) is 32.7 Å². The molecule has 0 saturated heterocycles. The molecule has 0 fully saturated rings. The number of hydrogen-bond donors (Lipinski definition) is 21. The number of nitrogens with zero attached hydrogens (tertiary/aromatic N) is 3. The Labute approximate surface area is 598 Å². The van der Waals surface area contributed by atoms with Crippen LogP contribution >= 0.6 is 0 Å². The standard InChI is InChI=1S/C54H85N19O12.3C2HF3O2/c1-4-42(76)67-41-29-43(77)66-35(10-7-23-62-51(56)57)46(80)72-40(28-32-15-19-34(75)20-16-32)50(84)69-37(12-9-25-64-53(60)73-54(85)65-22-6-5-21-61-45(41)79)48(82)71-39(26-30(2)3)49(83)68-36(11-8-24-63-52(58)59)47(81)70-38(44(55)78)27-31-13-17-33(74)18-14-31;3*3-2(4,5)1(6)7/h13-20,30,35-41,74-75H,4-12,21-29H2,1-3H3,(H2,55,78)(H,61,79)(H,66,77)(H,67,76)(H,68,83)(H,69,84)(H,70,81)(H,71,82)(H,72,80)(H4,56,57,62)(H4,58,59,63)(H4,60,64,65,73,85);3*(H,6,7)/t35-,36-,37-,38-,39-,40-,41-;;;/m0.../s1. The topological polar surface area (TPSA) is 637 Å². The molecule has 3 rings (SSSR count). The number of guanidine groups is 3. The van der Waals surface area contributed by atoms with Crippen molar-refractivity contribution in [2.45, 2.75) is 165 Å². The fourth-order valence-electron chi connectivity index (χ4n) is 8.47. The Morgan fingerprint density at radius 2 is 1.08 bits per heavy atom. The molecule has 1 aliphatic heterocycles. The van der Waals surface area contributed by atoms with Gasteiger partial charge in [0.15, 0.2) is 17.9 Å². The summed E-state index contributed by atoms with van der Waals surface area (Å²) in [6, 6.07) is 1.03. The molecule has 0 unspecified atom stereocenters. The van der Waals surface area contributed by atoms with Gasteiger partial charge in [0, 0.05) is 52.0 Å². The zero-order valence-corrected chi connectivity index (χ0v) is 57.2. The number of halogens is 9. The number of hydrogen-bond acceptors (Lipinski definition) is 19. The number of nitrogens with one attached hydrogen (secondary N) is 10. The molecule has 594 valence electrons. The number of carboxylic acids is 3.